The molecule has 6 heteroatoms. The van der Waals surface area contributed by atoms with Gasteiger partial charge < -0.3 is 20.4 Å². The minimum absolute atomic E-state index is 0.192. The van der Waals surface area contributed by atoms with Gasteiger partial charge in [-0.15, -0.1) is 0 Å². The van der Waals surface area contributed by atoms with Crippen molar-refractivity contribution >= 4 is 21.8 Å². The quantitative estimate of drug-likeness (QED) is 0.518. The van der Waals surface area contributed by atoms with Crippen molar-refractivity contribution in [3.05, 3.63) is 58.1 Å². The van der Waals surface area contributed by atoms with Crippen molar-refractivity contribution in [1.29, 1.82) is 0 Å². The molecule has 0 amide bonds. The highest BCUT2D eigenvalue weighted by atomic mass is 16.5. The lowest BCUT2D eigenvalue weighted by atomic mass is 9.95. The number of aryl methyl sites for hydroxylation is 1. The Labute approximate surface area is 156 Å². The number of fused-ring (bicyclic) bond motifs is 3. The Morgan fingerprint density at radius 3 is 2.59 bits per heavy atom. The molecule has 3 aromatic heterocycles. The number of benzene rings is 1. The normalized spacial score (nSPS) is 12.6. The first-order valence-corrected chi connectivity index (χ1v) is 8.92. The summed E-state index contributed by atoms with van der Waals surface area (Å²) in [6, 6.07) is 10.2. The molecule has 1 aromatic carbocycles. The van der Waals surface area contributed by atoms with Crippen LogP contribution in [-0.2, 0) is 0 Å². The van der Waals surface area contributed by atoms with Gasteiger partial charge >= 0.3 is 0 Å². The number of hydrogen-bond acceptors (Lipinski definition) is 4. The van der Waals surface area contributed by atoms with Crippen LogP contribution in [0, 0.1) is 6.92 Å². The van der Waals surface area contributed by atoms with Crippen LogP contribution in [0.1, 0.15) is 24.1 Å². The first-order valence-electron chi connectivity index (χ1n) is 8.92. The fourth-order valence-electron chi connectivity index (χ4n) is 3.58. The summed E-state index contributed by atoms with van der Waals surface area (Å²) in [5.74, 6) is 0.943. The SMILES string of the molecule is COc1[nH]c(C)c2[nH]c(=O)c3nccc3c2c1-c1ccc(C(C)CN)cc1. The van der Waals surface area contributed by atoms with Gasteiger partial charge in [0.2, 0.25) is 0 Å². The molecule has 27 heavy (non-hydrogen) atoms. The van der Waals surface area contributed by atoms with Crippen LogP contribution in [0.4, 0.5) is 0 Å². The van der Waals surface area contributed by atoms with E-state index >= 15 is 0 Å². The summed E-state index contributed by atoms with van der Waals surface area (Å²) in [6.45, 7) is 4.62. The Balaban J connectivity index is 2.08. The van der Waals surface area contributed by atoms with Crippen molar-refractivity contribution in [2.75, 3.05) is 13.7 Å². The number of methoxy groups -OCH3 is 1. The van der Waals surface area contributed by atoms with Crippen LogP contribution >= 0.6 is 0 Å². The number of hydrogen-bond donors (Lipinski definition) is 3. The van der Waals surface area contributed by atoms with E-state index in [-0.39, 0.29) is 5.56 Å². The summed E-state index contributed by atoms with van der Waals surface area (Å²) >= 11 is 0. The van der Waals surface area contributed by atoms with Gasteiger partial charge in [-0.3, -0.25) is 9.78 Å². The minimum atomic E-state index is -0.192. The zero-order chi connectivity index (χ0) is 19.1. The Bertz CT molecular complexity index is 1190. The Hall–Kier alpha value is -3.12. The lowest BCUT2D eigenvalue weighted by Crippen LogP contribution is -2.09. The summed E-state index contributed by atoms with van der Waals surface area (Å²) in [5.41, 5.74) is 10.7. The minimum Gasteiger partial charge on any atom is -0.482 e. The molecule has 138 valence electrons. The highest BCUT2D eigenvalue weighted by Crippen LogP contribution is 2.39. The molecule has 4 N–H and O–H groups in total. The largest absolute Gasteiger partial charge is 0.482 e. The molecule has 0 fully saturated rings. The summed E-state index contributed by atoms with van der Waals surface area (Å²) in [5, 5.41) is 1.74. The zero-order valence-corrected chi connectivity index (χ0v) is 15.6. The van der Waals surface area contributed by atoms with Gasteiger partial charge in [0.1, 0.15) is 5.52 Å². The van der Waals surface area contributed by atoms with Gasteiger partial charge in [0, 0.05) is 22.7 Å². The van der Waals surface area contributed by atoms with Gasteiger partial charge in [-0.05, 0) is 36.6 Å². The second kappa shape index (κ2) is 6.55. The van der Waals surface area contributed by atoms with E-state index in [0.29, 0.717) is 23.9 Å². The molecule has 0 radical (unpaired) electrons. The number of nitrogens with one attached hydrogen (secondary N) is 2. The van der Waals surface area contributed by atoms with E-state index in [1.54, 1.807) is 13.3 Å². The first-order chi connectivity index (χ1) is 13.0. The molecule has 0 spiro atoms. The van der Waals surface area contributed by atoms with Crippen molar-refractivity contribution in [1.82, 2.24) is 15.0 Å². The van der Waals surface area contributed by atoms with Crippen molar-refractivity contribution in [2.24, 2.45) is 5.73 Å². The maximum atomic E-state index is 12.4. The van der Waals surface area contributed by atoms with Crippen LogP contribution in [0.5, 0.6) is 5.88 Å². The molecule has 0 saturated carbocycles. The molecule has 0 saturated heterocycles. The van der Waals surface area contributed by atoms with Gasteiger partial charge in [-0.1, -0.05) is 31.2 Å². The Morgan fingerprint density at radius 2 is 1.93 bits per heavy atom. The lowest BCUT2D eigenvalue weighted by Gasteiger charge is -2.16. The topological polar surface area (TPSA) is 96.8 Å². The van der Waals surface area contributed by atoms with Crippen molar-refractivity contribution < 1.29 is 4.74 Å². The summed E-state index contributed by atoms with van der Waals surface area (Å²) in [6.07, 6.45) is 1.66. The van der Waals surface area contributed by atoms with Crippen molar-refractivity contribution in [3.63, 3.8) is 0 Å². The molecular weight excluding hydrogens is 340 g/mol. The van der Waals surface area contributed by atoms with Gasteiger partial charge in [0.05, 0.1) is 18.2 Å². The van der Waals surface area contributed by atoms with E-state index in [0.717, 1.165) is 33.1 Å². The molecule has 6 nitrogen and oxygen atoms in total. The lowest BCUT2D eigenvalue weighted by molar-refractivity contribution is 0.399. The van der Waals surface area contributed by atoms with Gasteiger partial charge in [0.25, 0.3) is 5.56 Å². The predicted octanol–water partition coefficient (Wildman–Crippen LogP) is 3.45. The standard InChI is InChI=1S/C21H22N4O2/c1-11(10-22)13-4-6-14(7-5-13)16-17-15-8-9-23-19(15)20(26)25-18(17)12(2)24-21(16)27-3/h4-9,11,24H,10,22H2,1-3H3,(H,25,26). The zero-order valence-electron chi connectivity index (χ0n) is 15.6. The van der Waals surface area contributed by atoms with Crippen LogP contribution in [0.25, 0.3) is 32.9 Å². The van der Waals surface area contributed by atoms with Crippen LogP contribution in [0.2, 0.25) is 0 Å². The number of H-pyrrole nitrogens is 2. The van der Waals surface area contributed by atoms with E-state index < -0.39 is 0 Å². The third-order valence-electron chi connectivity index (χ3n) is 5.15. The van der Waals surface area contributed by atoms with Crippen molar-refractivity contribution in [3.8, 4) is 17.0 Å². The van der Waals surface area contributed by atoms with E-state index in [1.807, 2.05) is 13.0 Å². The highest BCUT2D eigenvalue weighted by Gasteiger charge is 2.19. The molecule has 0 bridgehead atoms. The fourth-order valence-corrected chi connectivity index (χ4v) is 3.58. The van der Waals surface area contributed by atoms with Gasteiger partial charge in [-0.25, -0.2) is 0 Å². The molecule has 1 unspecified atom stereocenters. The molecular formula is C21H22N4O2. The number of nitrogens with two attached hydrogens (primary N) is 1. The number of aromatic amines is 2. The second-order valence-corrected chi connectivity index (χ2v) is 6.83. The Morgan fingerprint density at radius 1 is 1.19 bits per heavy atom. The molecule has 0 aliphatic carbocycles. The van der Waals surface area contributed by atoms with Gasteiger partial charge in [-0.2, -0.15) is 0 Å². The summed E-state index contributed by atoms with van der Waals surface area (Å²) < 4.78 is 5.66. The molecule has 0 aliphatic heterocycles. The van der Waals surface area contributed by atoms with E-state index in [4.69, 9.17) is 10.5 Å². The van der Waals surface area contributed by atoms with Crippen LogP contribution < -0.4 is 16.0 Å². The molecule has 4 rings (SSSR count). The Kier molecular flexibility index (Phi) is 4.20. The molecule has 1 atom stereocenters. The number of pyridine rings is 2. The highest BCUT2D eigenvalue weighted by molar-refractivity contribution is 6.13. The van der Waals surface area contributed by atoms with E-state index in [1.165, 1.54) is 5.56 Å². The van der Waals surface area contributed by atoms with Crippen LogP contribution in [-0.4, -0.2) is 28.6 Å². The predicted molar refractivity (Wildman–Crippen MR) is 108 cm³/mol. The average molecular weight is 362 g/mol. The summed E-state index contributed by atoms with van der Waals surface area (Å²) in [4.78, 5) is 22.8. The maximum Gasteiger partial charge on any atom is 0.274 e. The number of rotatable bonds is 4. The third kappa shape index (κ3) is 2.69. The maximum absolute atomic E-state index is 12.4. The first kappa shape index (κ1) is 17.3. The van der Waals surface area contributed by atoms with Crippen LogP contribution in [0.3, 0.4) is 0 Å². The third-order valence-corrected chi connectivity index (χ3v) is 5.15. The second-order valence-electron chi connectivity index (χ2n) is 6.83. The monoisotopic (exact) mass is 362 g/mol. The van der Waals surface area contributed by atoms with Gasteiger partial charge in [0.15, 0.2) is 5.88 Å². The number of nitrogens with zero attached hydrogens (tertiary/aromatic N) is 1. The number of aromatic nitrogens is 3. The van der Waals surface area contributed by atoms with Crippen LogP contribution in [0.15, 0.2) is 41.3 Å². The fraction of sp³-hybridized carbons (Fsp3) is 0.238. The smallest absolute Gasteiger partial charge is 0.274 e. The number of ether oxygens (including phenoxy) is 1. The van der Waals surface area contributed by atoms with E-state index in [9.17, 15) is 4.79 Å². The molecule has 4 aromatic rings. The van der Waals surface area contributed by atoms with E-state index in [2.05, 4.69) is 46.1 Å². The average Bonchev–Trinajstić information content (AvgIpc) is 3.18. The summed E-state index contributed by atoms with van der Waals surface area (Å²) in [7, 11) is 1.64. The molecule has 0 aliphatic rings. The van der Waals surface area contributed by atoms with Crippen molar-refractivity contribution in [2.45, 2.75) is 19.8 Å². The molecule has 3 heterocycles.